The molecular formula is C32H40N6O3. The number of allylic oxidation sites excluding steroid dienone is 1. The lowest BCUT2D eigenvalue weighted by atomic mass is 10.1. The van der Waals surface area contributed by atoms with Crippen LogP contribution in [0.25, 0.3) is 0 Å². The van der Waals surface area contributed by atoms with Crippen molar-refractivity contribution in [3.63, 3.8) is 0 Å². The van der Waals surface area contributed by atoms with Crippen molar-refractivity contribution in [3.8, 4) is 0 Å². The smallest absolute Gasteiger partial charge is 0.407 e. The molecule has 9 nitrogen and oxygen atoms in total. The second-order valence-electron chi connectivity index (χ2n) is 10.7. The van der Waals surface area contributed by atoms with Gasteiger partial charge in [0.25, 0.3) is 5.91 Å². The van der Waals surface area contributed by atoms with Gasteiger partial charge >= 0.3 is 6.09 Å². The quantitative estimate of drug-likeness (QED) is 0.273. The van der Waals surface area contributed by atoms with Gasteiger partial charge in [-0.1, -0.05) is 24.3 Å². The predicted octanol–water partition coefficient (Wildman–Crippen LogP) is 5.79. The van der Waals surface area contributed by atoms with Crippen LogP contribution in [-0.4, -0.2) is 51.3 Å². The van der Waals surface area contributed by atoms with E-state index in [0.717, 1.165) is 22.7 Å². The van der Waals surface area contributed by atoms with Crippen molar-refractivity contribution < 1.29 is 14.3 Å². The molecule has 216 valence electrons. The van der Waals surface area contributed by atoms with Gasteiger partial charge in [0.1, 0.15) is 5.60 Å². The molecule has 0 fully saturated rings. The number of ether oxygens (including phenoxy) is 1. The van der Waals surface area contributed by atoms with Gasteiger partial charge in [0, 0.05) is 56.2 Å². The van der Waals surface area contributed by atoms with E-state index >= 15 is 0 Å². The molecule has 0 saturated heterocycles. The Bertz CT molecular complexity index is 1310. The maximum Gasteiger partial charge on any atom is 0.407 e. The lowest BCUT2D eigenvalue weighted by Crippen LogP contribution is -2.33. The van der Waals surface area contributed by atoms with Crippen molar-refractivity contribution in [2.75, 3.05) is 18.4 Å². The van der Waals surface area contributed by atoms with Crippen LogP contribution in [0.2, 0.25) is 0 Å². The number of aliphatic imine (C=N–C) groups is 1. The monoisotopic (exact) mass is 556 g/mol. The number of aromatic nitrogens is 2. The highest BCUT2D eigenvalue weighted by Gasteiger charge is 2.16. The predicted molar refractivity (Wildman–Crippen MR) is 163 cm³/mol. The van der Waals surface area contributed by atoms with Crippen LogP contribution in [0.15, 0.2) is 84.3 Å². The Morgan fingerprint density at radius 1 is 1.00 bits per heavy atom. The Hall–Kier alpha value is -4.37. The molecule has 0 unspecified atom stereocenters. The lowest BCUT2D eigenvalue weighted by molar-refractivity contribution is 0.0528. The van der Waals surface area contributed by atoms with Gasteiger partial charge in [-0.2, -0.15) is 0 Å². The Morgan fingerprint density at radius 3 is 2.34 bits per heavy atom. The van der Waals surface area contributed by atoms with Gasteiger partial charge in [0.2, 0.25) is 0 Å². The standard InChI is InChI=1S/C32H40N6O3/c1-6-17-33-24(2)21-38(22-28-9-7-8-18-34-28)23-29-15-12-26(20-36-29)30(39)37-27-13-10-25(11-14-27)16-19-35-31(40)41-32(3,4)5/h6-15,17-18,20H,16,19,21-23H2,1-5H3,(H,35,40)(H,37,39)/b17-6-,33-24?. The SMILES string of the molecule is C/C=C\N=C(C)CN(Cc1ccccn1)Cc1ccc(C(=O)Nc2ccc(CCNC(=O)OC(C)(C)C)cc2)cn1. The maximum absolute atomic E-state index is 12.8. The molecule has 41 heavy (non-hydrogen) atoms. The van der Waals surface area contributed by atoms with Crippen molar-refractivity contribution >= 4 is 23.4 Å². The van der Waals surface area contributed by atoms with Gasteiger partial charge in [0.05, 0.1) is 17.0 Å². The average Bonchev–Trinajstić information content (AvgIpc) is 2.93. The number of pyridine rings is 2. The molecule has 9 heteroatoms. The average molecular weight is 557 g/mol. The fraction of sp³-hybridized carbons (Fsp3) is 0.344. The number of benzene rings is 1. The first kappa shape index (κ1) is 31.2. The van der Waals surface area contributed by atoms with Crippen LogP contribution in [0, 0.1) is 0 Å². The number of carbonyl (C=O) groups excluding carboxylic acids is 2. The minimum Gasteiger partial charge on any atom is -0.444 e. The van der Waals surface area contributed by atoms with Crippen LogP contribution < -0.4 is 10.6 Å². The van der Waals surface area contributed by atoms with E-state index in [4.69, 9.17) is 4.74 Å². The Morgan fingerprint density at radius 2 is 1.73 bits per heavy atom. The van der Waals surface area contributed by atoms with Gasteiger partial charge in [0.15, 0.2) is 0 Å². The Kier molecular flexibility index (Phi) is 11.7. The first-order chi connectivity index (χ1) is 19.6. The zero-order valence-electron chi connectivity index (χ0n) is 24.6. The summed E-state index contributed by atoms with van der Waals surface area (Å²) in [7, 11) is 0. The Labute approximate surface area is 242 Å². The number of hydrogen-bond donors (Lipinski definition) is 2. The largest absolute Gasteiger partial charge is 0.444 e. The van der Waals surface area contributed by atoms with Gasteiger partial charge in [-0.3, -0.25) is 24.7 Å². The number of hydrogen-bond acceptors (Lipinski definition) is 7. The fourth-order valence-electron chi connectivity index (χ4n) is 3.92. The number of amides is 2. The third-order valence-electron chi connectivity index (χ3n) is 5.77. The zero-order valence-corrected chi connectivity index (χ0v) is 24.6. The number of carbonyl (C=O) groups is 2. The summed E-state index contributed by atoms with van der Waals surface area (Å²) in [6.07, 6.45) is 7.29. The molecule has 0 aliphatic carbocycles. The molecule has 1 aromatic carbocycles. The number of nitrogens with zero attached hydrogens (tertiary/aromatic N) is 4. The summed E-state index contributed by atoms with van der Waals surface area (Å²) in [5.41, 5.74) is 4.46. The molecule has 0 aliphatic heterocycles. The number of anilines is 1. The molecule has 0 aliphatic rings. The number of alkyl carbamates (subject to hydrolysis) is 1. The van der Waals surface area contributed by atoms with E-state index in [1.165, 1.54) is 0 Å². The summed E-state index contributed by atoms with van der Waals surface area (Å²) < 4.78 is 5.24. The second kappa shape index (κ2) is 15.4. The van der Waals surface area contributed by atoms with Crippen LogP contribution in [-0.2, 0) is 24.2 Å². The van der Waals surface area contributed by atoms with Crippen LogP contribution in [0.3, 0.4) is 0 Å². The summed E-state index contributed by atoms with van der Waals surface area (Å²) in [4.78, 5) is 40.3. The van der Waals surface area contributed by atoms with E-state index in [1.807, 2.05) is 89.2 Å². The summed E-state index contributed by atoms with van der Waals surface area (Å²) in [6.45, 7) is 11.8. The molecule has 0 bridgehead atoms. The summed E-state index contributed by atoms with van der Waals surface area (Å²) >= 11 is 0. The molecule has 0 saturated carbocycles. The highest BCUT2D eigenvalue weighted by molar-refractivity contribution is 6.04. The molecule has 2 aromatic heterocycles. The van der Waals surface area contributed by atoms with E-state index in [-0.39, 0.29) is 5.91 Å². The third-order valence-corrected chi connectivity index (χ3v) is 5.77. The van der Waals surface area contributed by atoms with Crippen LogP contribution in [0.4, 0.5) is 10.5 Å². The molecule has 2 amide bonds. The third kappa shape index (κ3) is 11.7. The Balaban J connectivity index is 1.54. The first-order valence-corrected chi connectivity index (χ1v) is 13.7. The highest BCUT2D eigenvalue weighted by atomic mass is 16.6. The van der Waals surface area contributed by atoms with Crippen LogP contribution in [0.5, 0.6) is 0 Å². The van der Waals surface area contributed by atoms with Gasteiger partial charge in [-0.05, 0) is 83.0 Å². The summed E-state index contributed by atoms with van der Waals surface area (Å²) in [5, 5.41) is 5.66. The zero-order chi connectivity index (χ0) is 29.7. The van der Waals surface area contributed by atoms with E-state index in [2.05, 4.69) is 30.5 Å². The van der Waals surface area contributed by atoms with Crippen molar-refractivity contribution in [2.45, 2.75) is 59.7 Å². The van der Waals surface area contributed by atoms with Crippen molar-refractivity contribution in [3.05, 3.63) is 102 Å². The minimum absolute atomic E-state index is 0.233. The van der Waals surface area contributed by atoms with Gasteiger partial charge in [-0.25, -0.2) is 4.79 Å². The lowest BCUT2D eigenvalue weighted by Gasteiger charge is -2.21. The number of nitrogens with one attached hydrogen (secondary N) is 2. The van der Waals surface area contributed by atoms with Crippen molar-refractivity contribution in [1.82, 2.24) is 20.2 Å². The van der Waals surface area contributed by atoms with Crippen molar-refractivity contribution in [2.24, 2.45) is 4.99 Å². The van der Waals surface area contributed by atoms with E-state index in [9.17, 15) is 9.59 Å². The fourth-order valence-corrected chi connectivity index (χ4v) is 3.92. The normalized spacial score (nSPS) is 12.0. The molecular weight excluding hydrogens is 516 g/mol. The summed E-state index contributed by atoms with van der Waals surface area (Å²) in [5.74, 6) is -0.233. The van der Waals surface area contributed by atoms with E-state index in [0.29, 0.717) is 43.9 Å². The minimum atomic E-state index is -0.527. The van der Waals surface area contributed by atoms with Crippen molar-refractivity contribution in [1.29, 1.82) is 0 Å². The van der Waals surface area contributed by atoms with Crippen LogP contribution in [0.1, 0.15) is 61.9 Å². The second-order valence-corrected chi connectivity index (χ2v) is 10.7. The van der Waals surface area contributed by atoms with Gasteiger partial charge in [-0.15, -0.1) is 0 Å². The molecule has 0 atom stereocenters. The van der Waals surface area contributed by atoms with Crippen LogP contribution >= 0.6 is 0 Å². The topological polar surface area (TPSA) is 109 Å². The van der Waals surface area contributed by atoms with Gasteiger partial charge < -0.3 is 15.4 Å². The number of rotatable bonds is 12. The summed E-state index contributed by atoms with van der Waals surface area (Å²) in [6, 6.07) is 17.1. The molecule has 0 spiro atoms. The van der Waals surface area contributed by atoms with E-state index < -0.39 is 11.7 Å². The highest BCUT2D eigenvalue weighted by Crippen LogP contribution is 2.13. The van der Waals surface area contributed by atoms with E-state index in [1.54, 1.807) is 24.7 Å². The first-order valence-electron chi connectivity index (χ1n) is 13.7. The molecule has 2 N–H and O–H groups in total. The molecule has 3 aromatic rings. The maximum atomic E-state index is 12.8. The molecule has 3 rings (SSSR count). The molecule has 0 radical (unpaired) electrons. The molecule has 2 heterocycles.